The SMILES string of the molecule is CC(C)=CCC12CC3CC4C(CC(C(C)(C)O)C4(C)C)(C1=O)C(=O)C(C(=O)c1ccccc1)(C2=O)C3(C)C. The molecule has 5 saturated carbocycles. The average Bonchev–Trinajstić information content (AvgIpc) is 2.98. The van der Waals surface area contributed by atoms with E-state index in [1.54, 1.807) is 44.2 Å². The van der Waals surface area contributed by atoms with Gasteiger partial charge in [0, 0.05) is 5.56 Å². The van der Waals surface area contributed by atoms with E-state index in [2.05, 4.69) is 13.8 Å². The molecule has 1 N–H and O–H groups in total. The standard InChI is InChI=1S/C33H42O5/c1-19(2)14-15-31-17-21-16-22-28(3,4)23(30(7,8)38)18-32(22,25(31)35)27(37)33(26(31)36,29(21,5)6)24(34)20-12-10-9-11-13-20/h9-14,21-23,38H,15-18H2,1-8H3. The van der Waals surface area contributed by atoms with Crippen LogP contribution in [0.1, 0.15) is 91.4 Å². The van der Waals surface area contributed by atoms with Gasteiger partial charge in [0.15, 0.2) is 28.5 Å². The van der Waals surface area contributed by atoms with Crippen LogP contribution < -0.4 is 0 Å². The lowest BCUT2D eigenvalue weighted by molar-refractivity contribution is -0.181. The molecule has 4 bridgehead atoms. The van der Waals surface area contributed by atoms with Gasteiger partial charge in [-0.05, 0) is 82.0 Å². The van der Waals surface area contributed by atoms with Gasteiger partial charge in [-0.25, -0.2) is 0 Å². The van der Waals surface area contributed by atoms with E-state index in [1.165, 1.54) is 0 Å². The molecule has 6 rings (SSSR count). The molecular formula is C33H42O5. The molecule has 204 valence electrons. The van der Waals surface area contributed by atoms with Crippen LogP contribution in [-0.4, -0.2) is 33.8 Å². The molecule has 5 nitrogen and oxygen atoms in total. The van der Waals surface area contributed by atoms with Crippen molar-refractivity contribution < 1.29 is 24.3 Å². The van der Waals surface area contributed by atoms with Crippen LogP contribution in [0.2, 0.25) is 0 Å². The van der Waals surface area contributed by atoms with Crippen LogP contribution >= 0.6 is 0 Å². The van der Waals surface area contributed by atoms with E-state index in [4.69, 9.17) is 0 Å². The smallest absolute Gasteiger partial charge is 0.184 e. The maximum absolute atomic E-state index is 15.3. The lowest BCUT2D eigenvalue weighted by Crippen LogP contribution is -2.75. The third-order valence-electron chi connectivity index (χ3n) is 11.5. The first-order chi connectivity index (χ1) is 17.4. The first kappa shape index (κ1) is 27.2. The van der Waals surface area contributed by atoms with Crippen LogP contribution in [0.15, 0.2) is 42.0 Å². The Balaban J connectivity index is 1.89. The molecule has 0 amide bonds. The van der Waals surface area contributed by atoms with E-state index >= 15 is 4.79 Å². The highest BCUT2D eigenvalue weighted by molar-refractivity contribution is 6.42. The molecule has 6 unspecified atom stereocenters. The van der Waals surface area contributed by atoms with Crippen molar-refractivity contribution in [1.29, 1.82) is 0 Å². The largest absolute Gasteiger partial charge is 0.390 e. The third-order valence-corrected chi connectivity index (χ3v) is 11.5. The Morgan fingerprint density at radius 1 is 0.974 bits per heavy atom. The fraction of sp³-hybridized carbons (Fsp3) is 0.636. The number of hydrogen-bond donors (Lipinski definition) is 1. The molecule has 5 aliphatic carbocycles. The molecule has 6 atom stereocenters. The lowest BCUT2D eigenvalue weighted by atomic mass is 9.37. The second-order valence-corrected chi connectivity index (χ2v) is 14.6. The predicted octanol–water partition coefficient (Wildman–Crippen LogP) is 5.79. The van der Waals surface area contributed by atoms with Crippen molar-refractivity contribution >= 4 is 23.1 Å². The van der Waals surface area contributed by atoms with Crippen LogP contribution in [0, 0.1) is 44.8 Å². The van der Waals surface area contributed by atoms with Crippen molar-refractivity contribution in [2.75, 3.05) is 0 Å². The minimum atomic E-state index is -1.94. The zero-order valence-electron chi connectivity index (χ0n) is 24.1. The fourth-order valence-corrected chi connectivity index (χ4v) is 9.57. The molecule has 38 heavy (non-hydrogen) atoms. The van der Waals surface area contributed by atoms with E-state index in [0.717, 1.165) is 5.57 Å². The van der Waals surface area contributed by atoms with Gasteiger partial charge in [0.05, 0.1) is 16.4 Å². The topological polar surface area (TPSA) is 88.5 Å². The van der Waals surface area contributed by atoms with Gasteiger partial charge >= 0.3 is 0 Å². The second-order valence-electron chi connectivity index (χ2n) is 14.6. The van der Waals surface area contributed by atoms with Gasteiger partial charge in [-0.15, -0.1) is 0 Å². The molecule has 5 aliphatic rings. The summed E-state index contributed by atoms with van der Waals surface area (Å²) in [6.07, 6.45) is 3.25. The minimum Gasteiger partial charge on any atom is -0.390 e. The molecule has 0 aromatic heterocycles. The fourth-order valence-electron chi connectivity index (χ4n) is 9.57. The van der Waals surface area contributed by atoms with Gasteiger partial charge in [-0.3, -0.25) is 19.2 Å². The monoisotopic (exact) mass is 518 g/mol. The number of benzene rings is 1. The molecule has 1 aromatic carbocycles. The Morgan fingerprint density at radius 3 is 2.13 bits per heavy atom. The number of carbonyl (C=O) groups is 4. The van der Waals surface area contributed by atoms with E-state index in [0.29, 0.717) is 18.4 Å². The van der Waals surface area contributed by atoms with Crippen molar-refractivity contribution in [3.8, 4) is 0 Å². The Hall–Kier alpha value is -2.40. The van der Waals surface area contributed by atoms with Gasteiger partial charge < -0.3 is 5.11 Å². The van der Waals surface area contributed by atoms with Crippen molar-refractivity contribution in [3.05, 3.63) is 47.5 Å². The minimum absolute atomic E-state index is 0.169. The lowest BCUT2D eigenvalue weighted by Gasteiger charge is -2.60. The summed E-state index contributed by atoms with van der Waals surface area (Å²) in [6, 6.07) is 8.65. The van der Waals surface area contributed by atoms with Gasteiger partial charge in [-0.1, -0.05) is 69.7 Å². The molecule has 0 saturated heterocycles. The summed E-state index contributed by atoms with van der Waals surface area (Å²) < 4.78 is 0. The zero-order valence-corrected chi connectivity index (χ0v) is 24.1. The Labute approximate surface area is 226 Å². The predicted molar refractivity (Wildman–Crippen MR) is 145 cm³/mol. The van der Waals surface area contributed by atoms with Gasteiger partial charge in [-0.2, -0.15) is 0 Å². The van der Waals surface area contributed by atoms with Crippen LogP contribution in [0.25, 0.3) is 0 Å². The van der Waals surface area contributed by atoms with E-state index in [-0.39, 0.29) is 36.4 Å². The summed E-state index contributed by atoms with van der Waals surface area (Å²) in [6.45, 7) is 15.3. The van der Waals surface area contributed by atoms with Crippen molar-refractivity contribution in [2.45, 2.75) is 86.7 Å². The van der Waals surface area contributed by atoms with Crippen LogP contribution in [-0.2, 0) is 14.4 Å². The van der Waals surface area contributed by atoms with Crippen molar-refractivity contribution in [3.63, 3.8) is 0 Å². The molecule has 5 heteroatoms. The van der Waals surface area contributed by atoms with Crippen LogP contribution in [0.4, 0.5) is 0 Å². The number of rotatable bonds is 5. The Morgan fingerprint density at radius 2 is 1.58 bits per heavy atom. The summed E-state index contributed by atoms with van der Waals surface area (Å²) in [5.41, 5.74) is -6.16. The number of aliphatic hydroxyl groups is 1. The summed E-state index contributed by atoms with van der Waals surface area (Å²) in [7, 11) is 0. The van der Waals surface area contributed by atoms with Gasteiger partial charge in [0.2, 0.25) is 0 Å². The van der Waals surface area contributed by atoms with E-state index in [1.807, 2.05) is 33.8 Å². The maximum atomic E-state index is 15.3. The highest BCUT2D eigenvalue weighted by Crippen LogP contribution is 2.77. The van der Waals surface area contributed by atoms with E-state index in [9.17, 15) is 19.5 Å². The number of ketones is 4. The zero-order chi connectivity index (χ0) is 28.3. The van der Waals surface area contributed by atoms with Crippen LogP contribution in [0.3, 0.4) is 0 Å². The number of carbonyl (C=O) groups excluding carboxylic acids is 4. The van der Waals surface area contributed by atoms with Crippen LogP contribution in [0.5, 0.6) is 0 Å². The van der Waals surface area contributed by atoms with Gasteiger partial charge in [0.25, 0.3) is 0 Å². The molecule has 5 fully saturated rings. The second kappa shape index (κ2) is 7.84. The van der Waals surface area contributed by atoms with E-state index < -0.39 is 50.0 Å². The number of allylic oxidation sites excluding steroid dienone is 2. The Kier molecular flexibility index (Phi) is 5.60. The average molecular weight is 519 g/mol. The normalized spacial score (nSPS) is 38.7. The van der Waals surface area contributed by atoms with Crippen molar-refractivity contribution in [2.24, 2.45) is 44.8 Å². The first-order valence-electron chi connectivity index (χ1n) is 14.0. The van der Waals surface area contributed by atoms with Crippen molar-refractivity contribution in [1.82, 2.24) is 0 Å². The Bertz CT molecular complexity index is 1270. The third kappa shape index (κ3) is 2.92. The molecule has 0 heterocycles. The quantitative estimate of drug-likeness (QED) is 0.303. The summed E-state index contributed by atoms with van der Waals surface area (Å²) >= 11 is 0. The molecular weight excluding hydrogens is 476 g/mol. The summed E-state index contributed by atoms with van der Waals surface area (Å²) in [5, 5.41) is 11.3. The van der Waals surface area contributed by atoms with Gasteiger partial charge in [0.1, 0.15) is 0 Å². The number of Topliss-reactive ketones (excluding diaryl/α,β-unsaturated/α-hetero) is 4. The highest BCUT2D eigenvalue weighted by Gasteiger charge is 2.86. The molecule has 1 aromatic rings. The molecule has 1 spiro atoms. The summed E-state index contributed by atoms with van der Waals surface area (Å²) in [4.78, 5) is 59.8. The highest BCUT2D eigenvalue weighted by atomic mass is 16.3. The molecule has 0 radical (unpaired) electrons. The first-order valence-corrected chi connectivity index (χ1v) is 14.0. The molecule has 0 aliphatic heterocycles. The summed E-state index contributed by atoms with van der Waals surface area (Å²) in [5.74, 6) is -2.64. The maximum Gasteiger partial charge on any atom is 0.184 e. The number of hydrogen-bond acceptors (Lipinski definition) is 5.